The van der Waals surface area contributed by atoms with Crippen LogP contribution in [0.5, 0.6) is 23.0 Å². The van der Waals surface area contributed by atoms with Gasteiger partial charge in [0.1, 0.15) is 23.0 Å². The molecule has 0 fully saturated rings. The van der Waals surface area contributed by atoms with E-state index in [1.54, 1.807) is 28.4 Å². The van der Waals surface area contributed by atoms with E-state index in [-0.39, 0.29) is 20.3 Å². The van der Waals surface area contributed by atoms with E-state index in [0.29, 0.717) is 29.2 Å². The van der Waals surface area contributed by atoms with E-state index >= 15 is 0 Å². The molecule has 0 aliphatic heterocycles. The van der Waals surface area contributed by atoms with Crippen LogP contribution in [0.1, 0.15) is 28.5 Å². The van der Waals surface area contributed by atoms with Gasteiger partial charge in [0.2, 0.25) is 0 Å². The maximum absolute atomic E-state index is 11.9. The molecule has 0 bridgehead atoms. The van der Waals surface area contributed by atoms with Crippen LogP contribution in [0.3, 0.4) is 0 Å². The Balaban J connectivity index is 2.40. The monoisotopic (exact) mass is 438 g/mol. The van der Waals surface area contributed by atoms with Crippen LogP contribution < -0.4 is 18.9 Å². The van der Waals surface area contributed by atoms with Gasteiger partial charge in [0.05, 0.1) is 28.4 Å². The first-order valence-electron chi connectivity index (χ1n) is 9.95. The molecule has 0 aliphatic rings. The third kappa shape index (κ3) is 4.67. The van der Waals surface area contributed by atoms with Gasteiger partial charge in [0.25, 0.3) is 0 Å². The molecule has 0 heterocycles. The van der Waals surface area contributed by atoms with Gasteiger partial charge in [0, 0.05) is 29.1 Å². The molecule has 0 radical (unpaired) electrons. The maximum Gasteiger partial charge on any atom is 0.155 e. The van der Waals surface area contributed by atoms with Crippen LogP contribution in [0, 0.1) is 0 Å². The maximum atomic E-state index is 11.9. The van der Waals surface area contributed by atoms with Crippen LogP contribution >= 0.6 is 8.46 Å². The number of rotatable bonds is 10. The van der Waals surface area contributed by atoms with Crippen LogP contribution in [0.4, 0.5) is 0 Å². The molecule has 6 heteroatoms. The zero-order valence-corrected chi connectivity index (χ0v) is 19.1. The van der Waals surface area contributed by atoms with Crippen molar-refractivity contribution in [2.45, 2.75) is 11.8 Å². The molecule has 0 amide bonds. The molecule has 1 unspecified atom stereocenters. The number of hydrogen-bond acceptors (Lipinski definition) is 5. The lowest BCUT2D eigenvalue weighted by Crippen LogP contribution is -2.18. The summed E-state index contributed by atoms with van der Waals surface area (Å²) in [5.74, 6) is 2.26. The second kappa shape index (κ2) is 10.8. The van der Waals surface area contributed by atoms with Gasteiger partial charge in [-0.1, -0.05) is 42.5 Å². The van der Waals surface area contributed by atoms with E-state index in [1.807, 2.05) is 66.7 Å². The highest BCUT2D eigenvalue weighted by molar-refractivity contribution is 7.23. The molecule has 31 heavy (non-hydrogen) atoms. The van der Waals surface area contributed by atoms with E-state index in [9.17, 15) is 4.57 Å². The summed E-state index contributed by atoms with van der Waals surface area (Å²) >= 11 is 0. The van der Waals surface area contributed by atoms with Gasteiger partial charge in [-0.3, -0.25) is 4.57 Å². The van der Waals surface area contributed by atoms with Gasteiger partial charge < -0.3 is 18.9 Å². The fraction of sp³-hybridized carbons (Fsp3) is 0.280. The summed E-state index contributed by atoms with van der Waals surface area (Å²) in [4.78, 5) is 0. The van der Waals surface area contributed by atoms with Crippen molar-refractivity contribution in [2.24, 2.45) is 0 Å². The Labute approximate surface area is 185 Å². The van der Waals surface area contributed by atoms with Crippen molar-refractivity contribution in [1.82, 2.24) is 0 Å². The Hall–Kier alpha value is -3.04. The van der Waals surface area contributed by atoms with E-state index in [4.69, 9.17) is 18.9 Å². The summed E-state index contributed by atoms with van der Waals surface area (Å²) in [6.45, 7) is 0. The fourth-order valence-electron chi connectivity index (χ4n) is 4.10. The smallest absolute Gasteiger partial charge is 0.155 e. The highest BCUT2D eigenvalue weighted by atomic mass is 31.1. The minimum absolute atomic E-state index is 0.0428. The van der Waals surface area contributed by atoms with E-state index in [0.717, 1.165) is 16.7 Å². The molecule has 0 aliphatic carbocycles. The van der Waals surface area contributed by atoms with Gasteiger partial charge in [0.15, 0.2) is 8.46 Å². The topological polar surface area (TPSA) is 54.0 Å². The normalized spacial score (nSPS) is 11.9. The lowest BCUT2D eigenvalue weighted by Gasteiger charge is -2.31. The molecule has 3 aromatic carbocycles. The second-order valence-corrected chi connectivity index (χ2v) is 7.58. The van der Waals surface area contributed by atoms with Crippen molar-refractivity contribution in [2.75, 3.05) is 34.6 Å². The molecule has 3 aromatic rings. The Morgan fingerprint density at radius 3 is 1.42 bits per heavy atom. The standard InChI is InChI=1S/C25H27O5P/c1-27-19-12-8-13-20(28-2)24(19)23(18(16-31-26)17-10-6-5-7-11-17)25-21(29-3)14-9-15-22(25)30-4/h5-15,18,23H,16H2,1-4H3. The quantitative estimate of drug-likeness (QED) is 0.367. The van der Waals surface area contributed by atoms with E-state index in [1.165, 1.54) is 0 Å². The average Bonchev–Trinajstić information content (AvgIpc) is 2.84. The van der Waals surface area contributed by atoms with Crippen LogP contribution in [-0.2, 0) is 4.57 Å². The molecule has 0 N–H and O–H groups in total. The molecule has 0 spiro atoms. The minimum Gasteiger partial charge on any atom is -0.496 e. The van der Waals surface area contributed by atoms with Gasteiger partial charge in [-0.2, -0.15) is 0 Å². The summed E-state index contributed by atoms with van der Waals surface area (Å²) in [6.07, 6.45) is 0.400. The highest BCUT2D eigenvalue weighted by Gasteiger charge is 2.35. The molecule has 3 rings (SSSR count). The molecule has 5 nitrogen and oxygen atoms in total. The fourth-order valence-corrected chi connectivity index (χ4v) is 4.69. The minimum atomic E-state index is -0.305. The molecule has 0 saturated heterocycles. The Morgan fingerprint density at radius 1 is 0.645 bits per heavy atom. The molecule has 1 atom stereocenters. The van der Waals surface area contributed by atoms with Crippen molar-refractivity contribution < 1.29 is 23.5 Å². The predicted molar refractivity (Wildman–Crippen MR) is 123 cm³/mol. The zero-order chi connectivity index (χ0) is 22.2. The highest BCUT2D eigenvalue weighted by Crippen LogP contribution is 2.52. The first kappa shape index (κ1) is 22.6. The first-order chi connectivity index (χ1) is 15.2. The van der Waals surface area contributed by atoms with Gasteiger partial charge in [-0.25, -0.2) is 0 Å². The van der Waals surface area contributed by atoms with Crippen molar-refractivity contribution in [3.05, 3.63) is 83.4 Å². The van der Waals surface area contributed by atoms with Crippen LogP contribution in [0.15, 0.2) is 66.7 Å². The zero-order valence-electron chi connectivity index (χ0n) is 18.2. The third-order valence-corrected chi connectivity index (χ3v) is 6.00. The van der Waals surface area contributed by atoms with Crippen molar-refractivity contribution in [3.8, 4) is 23.0 Å². The number of ether oxygens (including phenoxy) is 4. The predicted octanol–water partition coefficient (Wildman–Crippen LogP) is 5.93. The van der Waals surface area contributed by atoms with Crippen molar-refractivity contribution in [3.63, 3.8) is 0 Å². The summed E-state index contributed by atoms with van der Waals surface area (Å²) in [6, 6.07) is 21.4. The van der Waals surface area contributed by atoms with Crippen LogP contribution in [-0.4, -0.2) is 34.6 Å². The molecule has 162 valence electrons. The Kier molecular flexibility index (Phi) is 7.91. The summed E-state index contributed by atoms with van der Waals surface area (Å²) in [7, 11) is 6.59. The summed E-state index contributed by atoms with van der Waals surface area (Å²) < 4.78 is 35.0. The van der Waals surface area contributed by atoms with Crippen molar-refractivity contribution in [1.29, 1.82) is 0 Å². The van der Waals surface area contributed by atoms with Crippen LogP contribution in [0.25, 0.3) is 0 Å². The number of hydrogen-bond donors (Lipinski definition) is 0. The largest absolute Gasteiger partial charge is 0.496 e. The number of benzene rings is 3. The van der Waals surface area contributed by atoms with Gasteiger partial charge in [-0.05, 0) is 29.8 Å². The van der Waals surface area contributed by atoms with E-state index < -0.39 is 0 Å². The Morgan fingerprint density at radius 2 is 1.06 bits per heavy atom. The molecule has 0 saturated carbocycles. The SMILES string of the molecule is COc1cccc(OC)c1C(c1c(OC)cccc1OC)C(CP=O)c1ccccc1. The lowest BCUT2D eigenvalue weighted by atomic mass is 9.76. The van der Waals surface area contributed by atoms with Crippen molar-refractivity contribution >= 4 is 8.46 Å². The Bertz CT molecular complexity index is 906. The molecule has 0 aromatic heterocycles. The van der Waals surface area contributed by atoms with Crippen LogP contribution in [0.2, 0.25) is 0 Å². The number of methoxy groups -OCH3 is 4. The van der Waals surface area contributed by atoms with Gasteiger partial charge >= 0.3 is 0 Å². The second-order valence-electron chi connectivity index (χ2n) is 6.96. The average molecular weight is 438 g/mol. The molecular formula is C25H27O5P. The van der Waals surface area contributed by atoms with Gasteiger partial charge in [-0.15, -0.1) is 0 Å². The summed E-state index contributed by atoms with van der Waals surface area (Å²) in [5.41, 5.74) is 2.76. The van der Waals surface area contributed by atoms with E-state index in [2.05, 4.69) is 0 Å². The molecular weight excluding hydrogens is 411 g/mol. The lowest BCUT2D eigenvalue weighted by molar-refractivity contribution is 0.363. The first-order valence-corrected chi connectivity index (χ1v) is 11.0. The summed E-state index contributed by atoms with van der Waals surface area (Å²) in [5, 5.41) is 0. The third-order valence-electron chi connectivity index (χ3n) is 5.46.